The molecule has 0 radical (unpaired) electrons. The number of carbonyl (C=O) groups is 2. The van der Waals surface area contributed by atoms with Crippen LogP contribution in [0.3, 0.4) is 0 Å². The van der Waals surface area contributed by atoms with Crippen LogP contribution in [0.2, 0.25) is 0 Å². The normalized spacial score (nSPS) is 8.44. The van der Waals surface area contributed by atoms with Crippen LogP contribution in [-0.2, 0) is 9.59 Å². The molecule has 0 amide bonds. The summed E-state index contributed by atoms with van der Waals surface area (Å²) in [4.78, 5) is 19.1. The van der Waals surface area contributed by atoms with Crippen molar-refractivity contribution in [2.75, 3.05) is 0 Å². The van der Waals surface area contributed by atoms with Gasteiger partial charge < -0.3 is 10.2 Å². The van der Waals surface area contributed by atoms with Crippen molar-refractivity contribution in [2.24, 2.45) is 0 Å². The number of carboxylic acids is 2. The van der Waals surface area contributed by atoms with Crippen LogP contribution in [0, 0.1) is 39.9 Å². The van der Waals surface area contributed by atoms with E-state index in [4.69, 9.17) is 10.2 Å². The predicted molar refractivity (Wildman–Crippen MR) is 24.4 cm³/mol. The summed E-state index contributed by atoms with van der Waals surface area (Å²) in [6.45, 7) is 0. The van der Waals surface area contributed by atoms with Crippen molar-refractivity contribution in [2.45, 2.75) is 0 Å². The smallest absolute Gasteiger partial charge is 0.328 e. The largest absolute Gasteiger partial charge is 0.478 e. The van der Waals surface area contributed by atoms with Gasteiger partial charge in [-0.25, -0.2) is 9.59 Å². The third kappa shape index (κ3) is 11.5. The Morgan fingerprint density at radius 2 is 1.22 bits per heavy atom. The molecule has 0 rings (SSSR count). The van der Waals surface area contributed by atoms with Gasteiger partial charge in [0.2, 0.25) is 0 Å². The van der Waals surface area contributed by atoms with E-state index < -0.39 is 11.9 Å². The third-order valence-corrected chi connectivity index (χ3v) is 0.368. The molecule has 0 saturated heterocycles. The third-order valence-electron chi connectivity index (χ3n) is 0.368. The van der Waals surface area contributed by atoms with Crippen molar-refractivity contribution < 1.29 is 59.7 Å². The van der Waals surface area contributed by atoms with Crippen LogP contribution < -0.4 is 0 Å². The van der Waals surface area contributed by atoms with Crippen molar-refractivity contribution in [3.05, 3.63) is 12.2 Å². The molecule has 0 fully saturated rings. The molecule has 48 valence electrons. The van der Waals surface area contributed by atoms with Crippen molar-refractivity contribution in [3.63, 3.8) is 0 Å². The van der Waals surface area contributed by atoms with Gasteiger partial charge in [-0.15, -0.1) is 0 Å². The van der Waals surface area contributed by atoms with E-state index in [-0.39, 0.29) is 39.9 Å². The maximum absolute atomic E-state index is 9.55. The Hall–Kier alpha value is 0.00468. The summed E-state index contributed by atoms with van der Waals surface area (Å²) in [5.41, 5.74) is 0. The molecule has 0 heterocycles. The molecule has 0 spiro atoms. The van der Waals surface area contributed by atoms with Crippen molar-refractivity contribution >= 4 is 11.9 Å². The summed E-state index contributed by atoms with van der Waals surface area (Å²) < 4.78 is 0. The maximum atomic E-state index is 9.55. The van der Waals surface area contributed by atoms with Crippen molar-refractivity contribution in [3.8, 4) is 0 Å². The van der Waals surface area contributed by atoms with Crippen LogP contribution in [0.5, 0.6) is 0 Å². The quantitative estimate of drug-likeness (QED) is 0.673. The van der Waals surface area contributed by atoms with Gasteiger partial charge in [-0.2, -0.15) is 0 Å². The van der Waals surface area contributed by atoms with Gasteiger partial charge in [-0.1, -0.05) is 0 Å². The molecule has 0 aliphatic heterocycles. The summed E-state index contributed by atoms with van der Waals surface area (Å²) in [5, 5.41) is 15.6. The second kappa shape index (κ2) is 6.13. The fourth-order valence-corrected chi connectivity index (χ4v) is 0.143. The van der Waals surface area contributed by atoms with E-state index in [2.05, 4.69) is 0 Å². The SMILES string of the molecule is O=C(O)/C=C/C(=O)O.[Th]. The minimum atomic E-state index is -1.26. The molecule has 9 heavy (non-hydrogen) atoms. The Kier molecular flexibility index (Phi) is 8.01. The topological polar surface area (TPSA) is 74.6 Å². The van der Waals surface area contributed by atoms with Crippen LogP contribution in [0.4, 0.5) is 0 Å². The van der Waals surface area contributed by atoms with Gasteiger partial charge in [0.05, 0.1) is 0 Å². The number of rotatable bonds is 2. The van der Waals surface area contributed by atoms with E-state index in [1.165, 1.54) is 0 Å². The Morgan fingerprint density at radius 1 is 1.00 bits per heavy atom. The summed E-state index contributed by atoms with van der Waals surface area (Å²) in [5.74, 6) is -2.51. The molecule has 0 aromatic heterocycles. The average Bonchev–Trinajstić information content (AvgIpc) is 1.61. The maximum Gasteiger partial charge on any atom is 0.328 e. The minimum absolute atomic E-state index is 0. The fraction of sp³-hybridized carbons (Fsp3) is 0. The summed E-state index contributed by atoms with van der Waals surface area (Å²) in [6.07, 6.45) is 1.12. The van der Waals surface area contributed by atoms with Crippen LogP contribution in [-0.4, -0.2) is 22.2 Å². The van der Waals surface area contributed by atoms with Gasteiger partial charge in [0.15, 0.2) is 0 Å². The first-order valence-electron chi connectivity index (χ1n) is 1.77. The average molecular weight is 348 g/mol. The monoisotopic (exact) mass is 348 g/mol. The molecule has 0 saturated carbocycles. The Bertz CT molecular complexity index is 124. The van der Waals surface area contributed by atoms with E-state index >= 15 is 0 Å². The Morgan fingerprint density at radius 3 is 1.33 bits per heavy atom. The summed E-state index contributed by atoms with van der Waals surface area (Å²) >= 11 is 0. The number of hydrogen-bond acceptors (Lipinski definition) is 2. The molecule has 0 atom stereocenters. The molecule has 0 aliphatic carbocycles. The van der Waals surface area contributed by atoms with E-state index in [0.717, 1.165) is 0 Å². The Labute approximate surface area is 83.2 Å². The molecular weight excluding hydrogens is 344 g/mol. The molecule has 0 bridgehead atoms. The predicted octanol–water partition coefficient (Wildman–Crippen LogP) is -0.288. The molecule has 0 aliphatic rings. The van der Waals surface area contributed by atoms with E-state index in [9.17, 15) is 9.59 Å². The van der Waals surface area contributed by atoms with Crippen molar-refractivity contribution in [1.82, 2.24) is 0 Å². The fourth-order valence-electron chi connectivity index (χ4n) is 0.143. The Balaban J connectivity index is 0. The molecule has 2 N–H and O–H groups in total. The zero-order valence-corrected chi connectivity index (χ0v) is 8.48. The zero-order chi connectivity index (χ0) is 6.57. The van der Waals surface area contributed by atoms with E-state index in [1.54, 1.807) is 0 Å². The summed E-state index contributed by atoms with van der Waals surface area (Å²) in [6, 6.07) is 0. The summed E-state index contributed by atoms with van der Waals surface area (Å²) in [7, 11) is 0. The van der Waals surface area contributed by atoms with Gasteiger partial charge in [-0.3, -0.25) is 0 Å². The van der Waals surface area contributed by atoms with Crippen LogP contribution in [0.15, 0.2) is 12.2 Å². The molecule has 0 unspecified atom stereocenters. The number of hydrogen-bond donors (Lipinski definition) is 2. The van der Waals surface area contributed by atoms with Crippen LogP contribution >= 0.6 is 0 Å². The van der Waals surface area contributed by atoms with Crippen LogP contribution in [0.1, 0.15) is 0 Å². The van der Waals surface area contributed by atoms with E-state index in [1.807, 2.05) is 0 Å². The van der Waals surface area contributed by atoms with E-state index in [0.29, 0.717) is 12.2 Å². The van der Waals surface area contributed by atoms with Crippen molar-refractivity contribution in [1.29, 1.82) is 0 Å². The molecule has 5 heteroatoms. The first-order chi connectivity index (χ1) is 3.63. The van der Waals surface area contributed by atoms with Gasteiger partial charge in [0.1, 0.15) is 0 Å². The first-order valence-corrected chi connectivity index (χ1v) is 1.77. The number of aliphatic carboxylic acids is 2. The van der Waals surface area contributed by atoms with Gasteiger partial charge in [0, 0.05) is 52.1 Å². The minimum Gasteiger partial charge on any atom is -0.478 e. The van der Waals surface area contributed by atoms with Gasteiger partial charge in [0.25, 0.3) is 0 Å². The van der Waals surface area contributed by atoms with Crippen LogP contribution in [0.25, 0.3) is 0 Å². The second-order valence-electron chi connectivity index (χ2n) is 1.01. The molecule has 0 aromatic carbocycles. The zero-order valence-electron chi connectivity index (χ0n) is 4.37. The number of carboxylic acid groups (broad SMARTS) is 2. The first kappa shape index (κ1) is 11.8. The second-order valence-corrected chi connectivity index (χ2v) is 1.01. The van der Waals surface area contributed by atoms with Gasteiger partial charge >= 0.3 is 11.9 Å². The molecule has 0 aromatic rings. The van der Waals surface area contributed by atoms with Gasteiger partial charge in [-0.05, 0) is 0 Å². The molecular formula is C4H4O4Th. The molecule has 4 nitrogen and oxygen atoms in total. The standard InChI is InChI=1S/C4H4O4.Th/c5-3(6)1-2-4(7)8;/h1-2H,(H,5,6)(H,7,8);/b2-1+;.